The molecule has 3 rings (SSSR count). The van der Waals surface area contributed by atoms with Crippen LogP contribution in [0.15, 0.2) is 24.3 Å². The Morgan fingerprint density at radius 1 is 1.36 bits per heavy atom. The molecule has 1 aromatic heterocycles. The van der Waals surface area contributed by atoms with Crippen molar-refractivity contribution in [1.29, 1.82) is 0 Å². The number of nitrogens with one attached hydrogen (secondary N) is 2. The largest absolute Gasteiger partial charge is 0.355 e. The van der Waals surface area contributed by atoms with Crippen LogP contribution in [0.4, 0.5) is 0 Å². The molecule has 1 saturated heterocycles. The number of aryl methyl sites for hydroxylation is 1. The fraction of sp³-hybridized carbons (Fsp3) is 0.529. The van der Waals surface area contributed by atoms with Crippen LogP contribution in [0.25, 0.3) is 11.0 Å². The number of benzene rings is 1. The van der Waals surface area contributed by atoms with E-state index in [0.29, 0.717) is 19.5 Å². The Bertz CT molecular complexity index is 813. The number of para-hydroxylation sites is 2. The van der Waals surface area contributed by atoms with Crippen LogP contribution in [0.5, 0.6) is 0 Å². The number of aromatic amines is 1. The van der Waals surface area contributed by atoms with E-state index in [1.807, 2.05) is 24.3 Å². The van der Waals surface area contributed by atoms with Gasteiger partial charge < -0.3 is 10.3 Å². The number of fused-ring (bicyclic) bond motifs is 1. The first kappa shape index (κ1) is 17.9. The lowest BCUT2D eigenvalue weighted by Gasteiger charge is -2.32. The number of rotatable bonds is 6. The number of piperidine rings is 1. The number of H-pyrrole nitrogens is 1. The molecule has 8 heteroatoms. The summed E-state index contributed by atoms with van der Waals surface area (Å²) in [5.41, 5.74) is 1.94. The van der Waals surface area contributed by atoms with E-state index in [9.17, 15) is 13.2 Å². The van der Waals surface area contributed by atoms with E-state index in [1.54, 1.807) is 0 Å². The molecule has 1 aromatic carbocycles. The fourth-order valence-corrected chi connectivity index (χ4v) is 4.40. The molecule has 0 spiro atoms. The summed E-state index contributed by atoms with van der Waals surface area (Å²) in [7, 11) is -3.35. The van der Waals surface area contributed by atoms with Crippen LogP contribution in [-0.2, 0) is 21.2 Å². The Balaban J connectivity index is 1.50. The number of carbonyl (C=O) groups is 1. The summed E-state index contributed by atoms with van der Waals surface area (Å²) in [5, 5.41) is 2.87. The average molecular weight is 364 g/mol. The quantitative estimate of drug-likeness (QED) is 0.758. The van der Waals surface area contributed by atoms with Crippen molar-refractivity contribution in [1.82, 2.24) is 19.6 Å². The molecule has 2 heterocycles. The second-order valence-electron chi connectivity index (χ2n) is 6.48. The van der Waals surface area contributed by atoms with E-state index in [2.05, 4.69) is 15.3 Å². The molecule has 1 unspecified atom stereocenters. The van der Waals surface area contributed by atoms with Gasteiger partial charge in [-0.2, -0.15) is 4.31 Å². The van der Waals surface area contributed by atoms with Crippen LogP contribution < -0.4 is 5.32 Å². The van der Waals surface area contributed by atoms with Crippen molar-refractivity contribution in [3.05, 3.63) is 30.1 Å². The zero-order valence-electron chi connectivity index (χ0n) is 14.4. The summed E-state index contributed by atoms with van der Waals surface area (Å²) in [4.78, 5) is 20.1. The molecule has 0 radical (unpaired) electrons. The molecular weight excluding hydrogens is 340 g/mol. The number of imidazole rings is 1. The van der Waals surface area contributed by atoms with Crippen LogP contribution in [0, 0.1) is 0 Å². The summed E-state index contributed by atoms with van der Waals surface area (Å²) in [5.74, 6) is 0.695. The van der Waals surface area contributed by atoms with Crippen LogP contribution in [-0.4, -0.2) is 54.0 Å². The van der Waals surface area contributed by atoms with Crippen molar-refractivity contribution in [2.45, 2.75) is 38.1 Å². The highest BCUT2D eigenvalue weighted by Crippen LogP contribution is 2.20. The van der Waals surface area contributed by atoms with Gasteiger partial charge in [-0.25, -0.2) is 13.4 Å². The Morgan fingerprint density at radius 2 is 2.16 bits per heavy atom. The number of aromatic nitrogens is 2. The minimum atomic E-state index is -3.35. The predicted octanol–water partition coefficient (Wildman–Crippen LogP) is 1.43. The highest BCUT2D eigenvalue weighted by Gasteiger charge is 2.34. The van der Waals surface area contributed by atoms with Crippen molar-refractivity contribution in [3.8, 4) is 0 Å². The first-order valence-electron chi connectivity index (χ1n) is 8.63. The molecule has 136 valence electrons. The lowest BCUT2D eigenvalue weighted by molar-refractivity contribution is -0.125. The molecule has 2 aromatic rings. The first-order chi connectivity index (χ1) is 11.9. The van der Waals surface area contributed by atoms with E-state index in [-0.39, 0.29) is 5.91 Å². The molecule has 0 saturated carbocycles. The summed E-state index contributed by atoms with van der Waals surface area (Å²) in [6.07, 6.45) is 4.92. The summed E-state index contributed by atoms with van der Waals surface area (Å²) in [6.45, 7) is 0.930. The maximum Gasteiger partial charge on any atom is 0.238 e. The molecule has 0 aliphatic carbocycles. The number of carbonyl (C=O) groups excluding carboxylic acids is 1. The molecule has 25 heavy (non-hydrogen) atoms. The topological polar surface area (TPSA) is 95.2 Å². The summed E-state index contributed by atoms with van der Waals surface area (Å²) < 4.78 is 25.0. The maximum absolute atomic E-state index is 12.4. The number of nitrogens with zero attached hydrogens (tertiary/aromatic N) is 2. The number of hydrogen-bond donors (Lipinski definition) is 2. The summed E-state index contributed by atoms with van der Waals surface area (Å²) in [6, 6.07) is 7.28. The monoisotopic (exact) mass is 364 g/mol. The van der Waals surface area contributed by atoms with Gasteiger partial charge in [-0.05, 0) is 31.4 Å². The van der Waals surface area contributed by atoms with Gasteiger partial charge in [0.05, 0.1) is 17.3 Å². The number of sulfonamides is 1. The minimum Gasteiger partial charge on any atom is -0.355 e. The number of amides is 1. The summed E-state index contributed by atoms with van der Waals surface area (Å²) >= 11 is 0. The van der Waals surface area contributed by atoms with Gasteiger partial charge in [0.15, 0.2) is 0 Å². The van der Waals surface area contributed by atoms with Crippen molar-refractivity contribution >= 4 is 27.0 Å². The van der Waals surface area contributed by atoms with Crippen molar-refractivity contribution in [2.24, 2.45) is 0 Å². The predicted molar refractivity (Wildman–Crippen MR) is 96.6 cm³/mol. The third kappa shape index (κ3) is 4.38. The Hall–Kier alpha value is -1.93. The lowest BCUT2D eigenvalue weighted by Crippen LogP contribution is -2.51. The van der Waals surface area contributed by atoms with E-state index in [1.165, 1.54) is 10.6 Å². The van der Waals surface area contributed by atoms with Gasteiger partial charge in [-0.15, -0.1) is 0 Å². The lowest BCUT2D eigenvalue weighted by atomic mass is 10.0. The van der Waals surface area contributed by atoms with Crippen LogP contribution in [0.1, 0.15) is 31.5 Å². The van der Waals surface area contributed by atoms with Gasteiger partial charge in [0, 0.05) is 19.5 Å². The fourth-order valence-electron chi connectivity index (χ4n) is 3.27. The average Bonchev–Trinajstić information content (AvgIpc) is 3.00. The van der Waals surface area contributed by atoms with Gasteiger partial charge in [0.1, 0.15) is 11.9 Å². The molecule has 7 nitrogen and oxygen atoms in total. The van der Waals surface area contributed by atoms with Crippen molar-refractivity contribution < 1.29 is 13.2 Å². The zero-order valence-corrected chi connectivity index (χ0v) is 15.2. The molecular formula is C17H24N4O3S. The maximum atomic E-state index is 12.4. The molecule has 1 amide bonds. The molecule has 1 fully saturated rings. The second-order valence-corrected chi connectivity index (χ2v) is 8.42. The van der Waals surface area contributed by atoms with Crippen LogP contribution in [0.3, 0.4) is 0 Å². The SMILES string of the molecule is CS(=O)(=O)N1CCCCC1C(=O)NCCCc1nc2ccccc2[nH]1. The standard InChI is InChI=1S/C17H24N4O3S/c1-25(23,24)21-12-5-4-9-15(21)17(22)18-11-6-10-16-19-13-7-2-3-8-14(13)20-16/h2-3,7-8,15H,4-6,9-12H2,1H3,(H,18,22)(H,19,20). The normalized spacial score (nSPS) is 19.2. The van der Waals surface area contributed by atoms with E-state index < -0.39 is 16.1 Å². The van der Waals surface area contributed by atoms with Gasteiger partial charge in [0.2, 0.25) is 15.9 Å². The van der Waals surface area contributed by atoms with Gasteiger partial charge in [-0.3, -0.25) is 4.79 Å². The van der Waals surface area contributed by atoms with Gasteiger partial charge in [-0.1, -0.05) is 18.6 Å². The Morgan fingerprint density at radius 3 is 2.92 bits per heavy atom. The number of hydrogen-bond acceptors (Lipinski definition) is 4. The third-order valence-corrected chi connectivity index (χ3v) is 5.80. The van der Waals surface area contributed by atoms with Crippen molar-refractivity contribution in [3.63, 3.8) is 0 Å². The molecule has 0 bridgehead atoms. The van der Waals surface area contributed by atoms with Gasteiger partial charge in [0.25, 0.3) is 0 Å². The molecule has 2 N–H and O–H groups in total. The molecule has 1 atom stereocenters. The molecule has 1 aliphatic rings. The van der Waals surface area contributed by atoms with Crippen LogP contribution >= 0.6 is 0 Å². The van der Waals surface area contributed by atoms with E-state index in [0.717, 1.165) is 42.5 Å². The second kappa shape index (κ2) is 7.53. The van der Waals surface area contributed by atoms with E-state index in [4.69, 9.17) is 0 Å². The Labute approximate surface area is 147 Å². The Kier molecular flexibility index (Phi) is 5.39. The third-order valence-electron chi connectivity index (χ3n) is 4.51. The van der Waals surface area contributed by atoms with Gasteiger partial charge >= 0.3 is 0 Å². The smallest absolute Gasteiger partial charge is 0.238 e. The van der Waals surface area contributed by atoms with Crippen LogP contribution in [0.2, 0.25) is 0 Å². The minimum absolute atomic E-state index is 0.199. The zero-order chi connectivity index (χ0) is 17.9. The van der Waals surface area contributed by atoms with Crippen molar-refractivity contribution in [2.75, 3.05) is 19.3 Å². The molecule has 1 aliphatic heterocycles. The van der Waals surface area contributed by atoms with E-state index >= 15 is 0 Å². The highest BCUT2D eigenvalue weighted by atomic mass is 32.2. The highest BCUT2D eigenvalue weighted by molar-refractivity contribution is 7.88. The first-order valence-corrected chi connectivity index (χ1v) is 10.5.